The SMILES string of the molecule is O=C(/C=C/c1ccc(Cl)c(Cl)c1)Nc1ccc(-c2csc(-c3ccc(Cl)cc3)n2)cc1. The van der Waals surface area contributed by atoms with Crippen molar-refractivity contribution in [2.75, 3.05) is 5.32 Å². The Morgan fingerprint density at radius 2 is 1.58 bits per heavy atom. The van der Waals surface area contributed by atoms with E-state index in [9.17, 15) is 4.79 Å². The monoisotopic (exact) mass is 484 g/mol. The molecule has 1 N–H and O–H groups in total. The molecule has 0 aliphatic carbocycles. The molecule has 4 rings (SSSR count). The van der Waals surface area contributed by atoms with Crippen LogP contribution in [0, 0.1) is 0 Å². The Labute approximate surface area is 198 Å². The lowest BCUT2D eigenvalue weighted by atomic mass is 10.1. The van der Waals surface area contributed by atoms with Crippen molar-refractivity contribution in [3.05, 3.63) is 98.8 Å². The van der Waals surface area contributed by atoms with Gasteiger partial charge in [-0.1, -0.05) is 65.1 Å². The number of aromatic nitrogens is 1. The van der Waals surface area contributed by atoms with E-state index in [1.807, 2.05) is 53.9 Å². The second-order valence-corrected chi connectivity index (χ2v) is 8.73. The number of hydrogen-bond donors (Lipinski definition) is 1. The summed E-state index contributed by atoms with van der Waals surface area (Å²) in [4.78, 5) is 16.9. The number of benzene rings is 3. The highest BCUT2D eigenvalue weighted by Gasteiger charge is 2.07. The highest BCUT2D eigenvalue weighted by Crippen LogP contribution is 2.30. The van der Waals surface area contributed by atoms with Crippen molar-refractivity contribution in [2.24, 2.45) is 0 Å². The average Bonchev–Trinajstić information content (AvgIpc) is 3.26. The quantitative estimate of drug-likeness (QED) is 0.290. The summed E-state index contributed by atoms with van der Waals surface area (Å²) < 4.78 is 0. The molecule has 4 aromatic rings. The standard InChI is InChI=1S/C24H15Cl3N2OS/c25-18-7-3-17(4-8-18)24-29-22(14-31-24)16-5-9-19(10-6-16)28-23(30)12-2-15-1-11-20(26)21(27)13-15/h1-14H,(H,28,30)/b12-2+. The average molecular weight is 486 g/mol. The minimum Gasteiger partial charge on any atom is -0.323 e. The van der Waals surface area contributed by atoms with E-state index in [1.165, 1.54) is 6.08 Å². The fraction of sp³-hybridized carbons (Fsp3) is 0. The van der Waals surface area contributed by atoms with Gasteiger partial charge in [0.15, 0.2) is 0 Å². The minimum absolute atomic E-state index is 0.238. The Balaban J connectivity index is 1.41. The lowest BCUT2D eigenvalue weighted by Gasteiger charge is -2.04. The zero-order valence-corrected chi connectivity index (χ0v) is 19.1. The number of carbonyl (C=O) groups is 1. The van der Waals surface area contributed by atoms with Crippen LogP contribution >= 0.6 is 46.1 Å². The van der Waals surface area contributed by atoms with E-state index < -0.39 is 0 Å². The molecular weight excluding hydrogens is 471 g/mol. The number of halogens is 3. The summed E-state index contributed by atoms with van der Waals surface area (Å²) in [7, 11) is 0. The van der Waals surface area contributed by atoms with Gasteiger partial charge >= 0.3 is 0 Å². The molecule has 3 nitrogen and oxygen atoms in total. The predicted molar refractivity (Wildman–Crippen MR) is 132 cm³/mol. The summed E-state index contributed by atoms with van der Waals surface area (Å²) in [6.45, 7) is 0. The van der Waals surface area contributed by atoms with Crippen LogP contribution in [0.4, 0.5) is 5.69 Å². The van der Waals surface area contributed by atoms with E-state index >= 15 is 0 Å². The lowest BCUT2D eigenvalue weighted by Crippen LogP contribution is -2.07. The molecule has 0 aliphatic heterocycles. The lowest BCUT2D eigenvalue weighted by molar-refractivity contribution is -0.111. The van der Waals surface area contributed by atoms with Crippen molar-refractivity contribution in [3.63, 3.8) is 0 Å². The van der Waals surface area contributed by atoms with Gasteiger partial charge in [0.1, 0.15) is 5.01 Å². The van der Waals surface area contributed by atoms with Gasteiger partial charge in [-0.3, -0.25) is 4.79 Å². The third kappa shape index (κ3) is 5.54. The van der Waals surface area contributed by atoms with Gasteiger partial charge in [0.2, 0.25) is 5.91 Å². The molecule has 0 spiro atoms. The maximum Gasteiger partial charge on any atom is 0.248 e. The molecule has 0 unspecified atom stereocenters. The Hall–Kier alpha value is -2.63. The van der Waals surface area contributed by atoms with E-state index in [1.54, 1.807) is 35.6 Å². The van der Waals surface area contributed by atoms with Crippen molar-refractivity contribution in [3.8, 4) is 21.8 Å². The number of rotatable bonds is 5. The summed E-state index contributed by atoms with van der Waals surface area (Å²) in [5.41, 5.74) is 4.37. The first-order valence-electron chi connectivity index (χ1n) is 9.24. The highest BCUT2D eigenvalue weighted by atomic mass is 35.5. The zero-order chi connectivity index (χ0) is 21.8. The van der Waals surface area contributed by atoms with E-state index in [-0.39, 0.29) is 5.91 Å². The summed E-state index contributed by atoms with van der Waals surface area (Å²) in [6.07, 6.45) is 3.13. The number of thiazole rings is 1. The van der Waals surface area contributed by atoms with Crippen molar-refractivity contribution in [1.82, 2.24) is 4.98 Å². The maximum absolute atomic E-state index is 12.2. The van der Waals surface area contributed by atoms with Gasteiger partial charge in [-0.25, -0.2) is 4.98 Å². The molecular formula is C24H15Cl3N2OS. The number of amides is 1. The van der Waals surface area contributed by atoms with Crippen LogP contribution in [0.15, 0.2) is 78.2 Å². The second kappa shape index (κ2) is 9.67. The third-order valence-corrected chi connectivity index (χ3v) is 6.30. The Kier molecular flexibility index (Phi) is 6.73. The molecule has 31 heavy (non-hydrogen) atoms. The van der Waals surface area contributed by atoms with Crippen molar-refractivity contribution >= 4 is 63.8 Å². The van der Waals surface area contributed by atoms with E-state index in [0.717, 1.165) is 27.4 Å². The van der Waals surface area contributed by atoms with Crippen LogP contribution in [-0.2, 0) is 4.79 Å². The Bertz CT molecular complexity index is 1250. The number of nitrogens with zero attached hydrogens (tertiary/aromatic N) is 1. The van der Waals surface area contributed by atoms with Gasteiger partial charge in [0, 0.05) is 33.3 Å². The number of hydrogen-bond acceptors (Lipinski definition) is 3. The summed E-state index contributed by atoms with van der Waals surface area (Å²) in [5, 5.41) is 7.40. The molecule has 3 aromatic carbocycles. The third-order valence-electron chi connectivity index (χ3n) is 4.41. The molecule has 0 saturated heterocycles. The zero-order valence-electron chi connectivity index (χ0n) is 16.0. The molecule has 0 fully saturated rings. The minimum atomic E-state index is -0.238. The molecule has 0 atom stereocenters. The first-order chi connectivity index (χ1) is 15.0. The van der Waals surface area contributed by atoms with Crippen LogP contribution in [0.5, 0.6) is 0 Å². The van der Waals surface area contributed by atoms with Crippen molar-refractivity contribution < 1.29 is 4.79 Å². The summed E-state index contributed by atoms with van der Waals surface area (Å²) in [5.74, 6) is -0.238. The van der Waals surface area contributed by atoms with E-state index in [2.05, 4.69) is 5.32 Å². The van der Waals surface area contributed by atoms with Gasteiger partial charge in [-0.2, -0.15) is 0 Å². The number of carbonyl (C=O) groups excluding carboxylic acids is 1. The highest BCUT2D eigenvalue weighted by molar-refractivity contribution is 7.13. The molecule has 1 aromatic heterocycles. The van der Waals surface area contributed by atoms with Crippen LogP contribution < -0.4 is 5.32 Å². The van der Waals surface area contributed by atoms with Crippen LogP contribution in [0.1, 0.15) is 5.56 Å². The van der Waals surface area contributed by atoms with Crippen molar-refractivity contribution in [1.29, 1.82) is 0 Å². The van der Waals surface area contributed by atoms with Gasteiger partial charge in [-0.15, -0.1) is 11.3 Å². The maximum atomic E-state index is 12.2. The van der Waals surface area contributed by atoms with Crippen LogP contribution in [-0.4, -0.2) is 10.9 Å². The molecule has 0 saturated carbocycles. The summed E-state index contributed by atoms with van der Waals surface area (Å²) >= 11 is 19.4. The predicted octanol–water partition coefficient (Wildman–Crippen LogP) is 8.09. The van der Waals surface area contributed by atoms with Gasteiger partial charge in [0.05, 0.1) is 15.7 Å². The molecule has 154 valence electrons. The van der Waals surface area contributed by atoms with E-state index in [0.29, 0.717) is 20.8 Å². The number of nitrogens with one attached hydrogen (secondary N) is 1. The molecule has 0 radical (unpaired) electrons. The van der Waals surface area contributed by atoms with E-state index in [4.69, 9.17) is 39.8 Å². The topological polar surface area (TPSA) is 42.0 Å². The van der Waals surface area contributed by atoms with Crippen LogP contribution in [0.3, 0.4) is 0 Å². The summed E-state index contributed by atoms with van der Waals surface area (Å²) in [6, 6.07) is 20.4. The fourth-order valence-corrected chi connectivity index (χ4v) is 4.10. The Morgan fingerprint density at radius 1 is 0.871 bits per heavy atom. The molecule has 0 bridgehead atoms. The van der Waals surface area contributed by atoms with Gasteiger partial charge < -0.3 is 5.32 Å². The largest absolute Gasteiger partial charge is 0.323 e. The normalized spacial score (nSPS) is 11.1. The molecule has 1 heterocycles. The smallest absolute Gasteiger partial charge is 0.248 e. The van der Waals surface area contributed by atoms with Gasteiger partial charge in [0.25, 0.3) is 0 Å². The first-order valence-corrected chi connectivity index (χ1v) is 11.3. The fourth-order valence-electron chi connectivity index (χ4n) is 2.83. The second-order valence-electron chi connectivity index (χ2n) is 6.62. The molecule has 1 amide bonds. The van der Waals surface area contributed by atoms with Crippen molar-refractivity contribution in [2.45, 2.75) is 0 Å². The van der Waals surface area contributed by atoms with Crippen LogP contribution in [0.2, 0.25) is 15.1 Å². The molecule has 7 heteroatoms. The first kappa shape index (κ1) is 21.6. The van der Waals surface area contributed by atoms with Crippen LogP contribution in [0.25, 0.3) is 27.9 Å². The Morgan fingerprint density at radius 3 is 2.29 bits per heavy atom. The number of anilines is 1. The molecule has 0 aliphatic rings. The van der Waals surface area contributed by atoms with Gasteiger partial charge in [-0.05, 0) is 48.0 Å².